The van der Waals surface area contributed by atoms with E-state index in [9.17, 15) is 22.8 Å². The van der Waals surface area contributed by atoms with Crippen molar-refractivity contribution < 1.29 is 22.4 Å². The zero-order valence-corrected chi connectivity index (χ0v) is 12.4. The lowest BCUT2D eigenvalue weighted by Gasteiger charge is -2.30. The van der Waals surface area contributed by atoms with E-state index in [1.54, 1.807) is 0 Å². The van der Waals surface area contributed by atoms with E-state index in [0.29, 0.717) is 24.2 Å². The van der Waals surface area contributed by atoms with Crippen LogP contribution in [-0.2, 0) is 6.18 Å². The smallest absolute Gasteiger partial charge is 0.392 e. The number of carbonyl (C=O) groups excluding carboxylic acids is 1. The maximum absolute atomic E-state index is 12.8. The fraction of sp³-hybridized carbons (Fsp3) is 0.500. The molecule has 1 N–H and O–H groups in total. The highest BCUT2D eigenvalue weighted by Crippen LogP contribution is 2.34. The van der Waals surface area contributed by atoms with E-state index in [1.165, 1.54) is 4.90 Å². The van der Waals surface area contributed by atoms with Gasteiger partial charge in [0.25, 0.3) is 5.91 Å². The summed E-state index contributed by atoms with van der Waals surface area (Å²) in [5.74, 6) is -1.21. The molecule has 0 saturated carbocycles. The van der Waals surface area contributed by atoms with Crippen LogP contribution in [0, 0.1) is 0 Å². The number of rotatable bonds is 2. The van der Waals surface area contributed by atoms with Crippen molar-refractivity contribution in [2.75, 3.05) is 13.1 Å². The largest absolute Gasteiger partial charge is 0.434 e. The monoisotopic (exact) mass is 348 g/mol. The van der Waals surface area contributed by atoms with Gasteiger partial charge in [-0.05, 0) is 12.8 Å². The van der Waals surface area contributed by atoms with Gasteiger partial charge >= 0.3 is 11.9 Å². The number of nitrogens with one attached hydrogen (secondary N) is 1. The number of amides is 1. The lowest BCUT2D eigenvalue weighted by atomic mass is 9.96. The molecule has 1 aliphatic rings. The van der Waals surface area contributed by atoms with Crippen LogP contribution >= 0.6 is 11.3 Å². The molecule has 1 aliphatic heterocycles. The van der Waals surface area contributed by atoms with Crippen LogP contribution in [0.5, 0.6) is 0 Å². The molecule has 3 heterocycles. The molecular weight excluding hydrogens is 337 g/mol. The molecule has 0 aromatic carbocycles. The van der Waals surface area contributed by atoms with Crippen LogP contribution in [0.15, 0.2) is 14.7 Å². The predicted molar refractivity (Wildman–Crippen MR) is 72.1 cm³/mol. The molecule has 7 nitrogen and oxygen atoms in total. The number of aromatic amines is 1. The number of piperidine rings is 1. The molecule has 11 heteroatoms. The van der Waals surface area contributed by atoms with Crippen LogP contribution < -0.4 is 5.76 Å². The average Bonchev–Trinajstić information content (AvgIpc) is 3.15. The van der Waals surface area contributed by atoms with Crippen molar-refractivity contribution in [1.29, 1.82) is 0 Å². The lowest BCUT2D eigenvalue weighted by Crippen LogP contribution is -2.38. The Bertz CT molecular complexity index is 758. The maximum atomic E-state index is 12.8. The normalized spacial score (nSPS) is 16.7. The maximum Gasteiger partial charge on any atom is 0.434 e. The zero-order valence-electron chi connectivity index (χ0n) is 11.6. The number of carbonyl (C=O) groups is 1. The molecule has 1 saturated heterocycles. The van der Waals surface area contributed by atoms with E-state index in [1.807, 2.05) is 0 Å². The summed E-state index contributed by atoms with van der Waals surface area (Å²) >= 11 is 0.679. The molecule has 0 unspecified atom stereocenters. The van der Waals surface area contributed by atoms with Gasteiger partial charge in [-0.25, -0.2) is 14.9 Å². The highest BCUT2D eigenvalue weighted by atomic mass is 32.1. The van der Waals surface area contributed by atoms with E-state index in [2.05, 4.69) is 15.2 Å². The van der Waals surface area contributed by atoms with E-state index in [-0.39, 0.29) is 24.9 Å². The summed E-state index contributed by atoms with van der Waals surface area (Å²) in [5.41, 5.74) is -0.130. The standard InChI is InChI=1S/C12H11F3N4O3S/c13-12(14,15)8-7(23-5-16-8)10(20)19-3-1-6(2-4-19)9-17-18-11(21)22-9/h5-6H,1-4H2,(H,18,21). The molecule has 1 amide bonds. The molecule has 23 heavy (non-hydrogen) atoms. The molecule has 1 fully saturated rings. The summed E-state index contributed by atoms with van der Waals surface area (Å²) in [4.78, 5) is 27.4. The van der Waals surface area contributed by atoms with Crippen LogP contribution in [0.1, 0.15) is 40.0 Å². The summed E-state index contributed by atoms with van der Waals surface area (Å²) in [5, 5.41) is 5.90. The Morgan fingerprint density at radius 3 is 2.65 bits per heavy atom. The van der Waals surface area contributed by atoms with E-state index in [4.69, 9.17) is 4.42 Å². The molecule has 2 aromatic heterocycles. The van der Waals surface area contributed by atoms with Gasteiger partial charge in [0.2, 0.25) is 5.89 Å². The molecule has 3 rings (SSSR count). The van der Waals surface area contributed by atoms with Gasteiger partial charge in [-0.15, -0.1) is 16.4 Å². The van der Waals surface area contributed by atoms with Crippen molar-refractivity contribution in [2.45, 2.75) is 24.9 Å². The van der Waals surface area contributed by atoms with Crippen LogP contribution in [0.3, 0.4) is 0 Å². The van der Waals surface area contributed by atoms with Crippen molar-refractivity contribution in [2.24, 2.45) is 0 Å². The van der Waals surface area contributed by atoms with Gasteiger partial charge in [0, 0.05) is 19.0 Å². The summed E-state index contributed by atoms with van der Waals surface area (Å²) in [6.45, 7) is 0.518. The number of thiazole rings is 1. The topological polar surface area (TPSA) is 92.1 Å². The Labute approximate surface area is 131 Å². The number of halogens is 3. The van der Waals surface area contributed by atoms with Crippen LogP contribution in [0.4, 0.5) is 13.2 Å². The highest BCUT2D eigenvalue weighted by molar-refractivity contribution is 7.11. The SMILES string of the molecule is O=C(c1scnc1C(F)(F)F)N1CCC(c2n[nH]c(=O)o2)CC1. The minimum atomic E-state index is -4.65. The van der Waals surface area contributed by atoms with Crippen molar-refractivity contribution in [1.82, 2.24) is 20.1 Å². The number of hydrogen-bond donors (Lipinski definition) is 1. The third-order valence-corrected chi connectivity index (χ3v) is 4.43. The third-order valence-electron chi connectivity index (χ3n) is 3.62. The highest BCUT2D eigenvalue weighted by Gasteiger charge is 2.40. The second-order valence-electron chi connectivity index (χ2n) is 5.05. The Morgan fingerprint density at radius 2 is 2.09 bits per heavy atom. The number of nitrogens with zero attached hydrogens (tertiary/aromatic N) is 3. The second kappa shape index (κ2) is 5.80. The number of H-pyrrole nitrogens is 1. The summed E-state index contributed by atoms with van der Waals surface area (Å²) in [6.07, 6.45) is -3.73. The fourth-order valence-corrected chi connectivity index (χ4v) is 3.26. The van der Waals surface area contributed by atoms with Gasteiger partial charge in [-0.3, -0.25) is 4.79 Å². The molecule has 0 spiro atoms. The Balaban J connectivity index is 1.69. The number of aromatic nitrogens is 3. The van der Waals surface area contributed by atoms with Crippen molar-refractivity contribution in [3.05, 3.63) is 32.5 Å². The summed E-state index contributed by atoms with van der Waals surface area (Å²) in [7, 11) is 0. The van der Waals surface area contributed by atoms with Crippen LogP contribution in [0.2, 0.25) is 0 Å². The average molecular weight is 348 g/mol. The minimum Gasteiger partial charge on any atom is -0.392 e. The number of alkyl halides is 3. The van der Waals surface area contributed by atoms with Gasteiger partial charge < -0.3 is 9.32 Å². The van der Waals surface area contributed by atoms with Gasteiger partial charge in [0.15, 0.2) is 5.69 Å². The first-order chi connectivity index (χ1) is 10.9. The first-order valence-corrected chi connectivity index (χ1v) is 7.59. The van der Waals surface area contributed by atoms with E-state index < -0.39 is 28.4 Å². The third kappa shape index (κ3) is 3.14. The lowest BCUT2D eigenvalue weighted by molar-refractivity contribution is -0.141. The summed E-state index contributed by atoms with van der Waals surface area (Å²) in [6, 6.07) is 0. The first kappa shape index (κ1) is 15.7. The van der Waals surface area contributed by atoms with E-state index in [0.717, 1.165) is 5.51 Å². The molecule has 0 aliphatic carbocycles. The number of hydrogen-bond acceptors (Lipinski definition) is 6. The van der Waals surface area contributed by atoms with Gasteiger partial charge in [0.1, 0.15) is 4.88 Å². The second-order valence-corrected chi connectivity index (χ2v) is 5.90. The molecule has 0 atom stereocenters. The molecule has 0 bridgehead atoms. The zero-order chi connectivity index (χ0) is 16.6. The van der Waals surface area contributed by atoms with Crippen molar-refractivity contribution in [3.8, 4) is 0 Å². The Morgan fingerprint density at radius 1 is 1.39 bits per heavy atom. The Hall–Kier alpha value is -2.17. The molecular formula is C12H11F3N4O3S. The van der Waals surface area contributed by atoms with Crippen molar-refractivity contribution in [3.63, 3.8) is 0 Å². The fourth-order valence-electron chi connectivity index (χ4n) is 2.49. The Kier molecular flexibility index (Phi) is 3.96. The van der Waals surface area contributed by atoms with Gasteiger partial charge in [0.05, 0.1) is 5.51 Å². The predicted octanol–water partition coefficient (Wildman–Crippen LogP) is 1.86. The van der Waals surface area contributed by atoms with Crippen LogP contribution in [-0.4, -0.2) is 39.1 Å². The van der Waals surface area contributed by atoms with Crippen LogP contribution in [0.25, 0.3) is 0 Å². The van der Waals surface area contributed by atoms with Gasteiger partial charge in [-0.1, -0.05) is 0 Å². The van der Waals surface area contributed by atoms with Gasteiger partial charge in [-0.2, -0.15) is 13.2 Å². The van der Waals surface area contributed by atoms with E-state index >= 15 is 0 Å². The molecule has 2 aromatic rings. The quantitative estimate of drug-likeness (QED) is 0.894. The molecule has 0 radical (unpaired) electrons. The minimum absolute atomic E-state index is 0.137. The summed E-state index contributed by atoms with van der Waals surface area (Å²) < 4.78 is 43.3. The molecule has 124 valence electrons. The first-order valence-electron chi connectivity index (χ1n) is 6.71. The van der Waals surface area contributed by atoms with Crippen molar-refractivity contribution >= 4 is 17.2 Å². The number of likely N-dealkylation sites (tertiary alicyclic amines) is 1.